The second kappa shape index (κ2) is 8.71. The van der Waals surface area contributed by atoms with Crippen LogP contribution in [0.2, 0.25) is 0 Å². The van der Waals surface area contributed by atoms with Gasteiger partial charge in [-0.1, -0.05) is 12.1 Å². The van der Waals surface area contributed by atoms with Crippen LogP contribution < -0.4 is 15.1 Å². The quantitative estimate of drug-likeness (QED) is 0.757. The first-order valence-corrected chi connectivity index (χ1v) is 6.31. The van der Waals surface area contributed by atoms with Crippen molar-refractivity contribution in [2.24, 2.45) is 0 Å². The molecular formula is C13H19NO5. The monoisotopic (exact) mass is 269 g/mol. The fourth-order valence-corrected chi connectivity index (χ4v) is 1.53. The molecule has 6 nitrogen and oxygen atoms in total. The van der Waals surface area contributed by atoms with E-state index in [0.29, 0.717) is 51.1 Å². The molecule has 106 valence electrons. The predicted molar refractivity (Wildman–Crippen MR) is 68.2 cm³/mol. The molecule has 0 radical (unpaired) electrons. The third-order valence-electron chi connectivity index (χ3n) is 2.42. The summed E-state index contributed by atoms with van der Waals surface area (Å²) in [6.07, 6.45) is 0. The Morgan fingerprint density at radius 2 is 1.37 bits per heavy atom. The number of nitrogens with one attached hydrogen (secondary N) is 1. The molecule has 1 aliphatic heterocycles. The van der Waals surface area contributed by atoms with E-state index >= 15 is 0 Å². The van der Waals surface area contributed by atoms with Gasteiger partial charge in [0.15, 0.2) is 11.5 Å². The second-order valence-corrected chi connectivity index (χ2v) is 3.82. The van der Waals surface area contributed by atoms with E-state index in [9.17, 15) is 0 Å². The first-order valence-electron chi connectivity index (χ1n) is 6.31. The Morgan fingerprint density at radius 3 is 2.16 bits per heavy atom. The number of benzene rings is 1. The van der Waals surface area contributed by atoms with E-state index in [-0.39, 0.29) is 6.73 Å². The molecule has 1 N–H and O–H groups in total. The van der Waals surface area contributed by atoms with E-state index < -0.39 is 0 Å². The maximum absolute atomic E-state index is 5.59. The van der Waals surface area contributed by atoms with Crippen molar-refractivity contribution in [2.45, 2.75) is 0 Å². The zero-order valence-corrected chi connectivity index (χ0v) is 10.8. The highest BCUT2D eigenvalue weighted by Gasteiger charge is 2.04. The summed E-state index contributed by atoms with van der Waals surface area (Å²) in [4.78, 5) is 5.38. The largest absolute Gasteiger partial charge is 0.487 e. The van der Waals surface area contributed by atoms with Crippen LogP contribution in [0.15, 0.2) is 24.3 Å². The Labute approximate surface area is 112 Å². The van der Waals surface area contributed by atoms with Gasteiger partial charge < -0.3 is 23.8 Å². The molecule has 0 saturated heterocycles. The molecular weight excluding hydrogens is 250 g/mol. The topological polar surface area (TPSA) is 58.2 Å². The number of fused-ring (bicyclic) bond motifs is 1. The van der Waals surface area contributed by atoms with Crippen LogP contribution >= 0.6 is 0 Å². The molecule has 2 rings (SSSR count). The number of para-hydroxylation sites is 2. The van der Waals surface area contributed by atoms with Gasteiger partial charge in [-0.3, -0.25) is 0 Å². The van der Waals surface area contributed by atoms with Crippen LogP contribution in [0.4, 0.5) is 0 Å². The number of rotatable bonds is 0. The second-order valence-electron chi connectivity index (χ2n) is 3.82. The molecule has 0 spiro atoms. The van der Waals surface area contributed by atoms with Crippen LogP contribution in [-0.4, -0.2) is 46.4 Å². The van der Waals surface area contributed by atoms with Gasteiger partial charge in [0.2, 0.25) is 0 Å². The summed E-state index contributed by atoms with van der Waals surface area (Å²) in [6, 6.07) is 7.44. The van der Waals surface area contributed by atoms with Crippen molar-refractivity contribution in [1.82, 2.24) is 5.48 Å². The predicted octanol–water partition coefficient (Wildman–Crippen LogP) is 0.970. The van der Waals surface area contributed by atoms with E-state index in [4.69, 9.17) is 23.8 Å². The van der Waals surface area contributed by atoms with Gasteiger partial charge in [0.25, 0.3) is 0 Å². The fraction of sp³-hybridized carbons (Fsp3) is 0.538. The van der Waals surface area contributed by atoms with Gasteiger partial charge in [-0.15, -0.1) is 5.48 Å². The van der Waals surface area contributed by atoms with Crippen molar-refractivity contribution in [1.29, 1.82) is 0 Å². The molecule has 1 heterocycles. The SMILES string of the molecule is c1ccc2c(c1)OCCOCCOCCOCNO2. The molecule has 0 unspecified atom stereocenters. The third kappa shape index (κ3) is 5.44. The lowest BCUT2D eigenvalue weighted by atomic mass is 10.3. The summed E-state index contributed by atoms with van der Waals surface area (Å²) >= 11 is 0. The van der Waals surface area contributed by atoms with Crippen LogP contribution in [0.5, 0.6) is 11.5 Å². The lowest BCUT2D eigenvalue weighted by molar-refractivity contribution is -0.00942. The number of ether oxygens (including phenoxy) is 4. The van der Waals surface area contributed by atoms with E-state index in [0.717, 1.165) is 0 Å². The third-order valence-corrected chi connectivity index (χ3v) is 2.42. The number of hydrogen-bond donors (Lipinski definition) is 1. The summed E-state index contributed by atoms with van der Waals surface area (Å²) in [6.45, 7) is 3.43. The van der Waals surface area contributed by atoms with Crippen LogP contribution in [0.25, 0.3) is 0 Å². The minimum absolute atomic E-state index is 0.286. The molecule has 0 bridgehead atoms. The highest BCUT2D eigenvalue weighted by molar-refractivity contribution is 5.39. The molecule has 6 heteroatoms. The minimum atomic E-state index is 0.286. The highest BCUT2D eigenvalue weighted by atomic mass is 16.7. The Hall–Kier alpha value is -1.34. The molecule has 1 aromatic carbocycles. The first-order chi connectivity index (χ1) is 9.47. The summed E-state index contributed by atoms with van der Waals surface area (Å²) in [5, 5.41) is 0. The van der Waals surface area contributed by atoms with Crippen molar-refractivity contribution in [3.8, 4) is 11.5 Å². The standard InChI is InChI=1S/C13H19NO5/c1-2-4-13-12(3-1)18-10-9-16-6-5-15-7-8-17-11-14-19-13/h1-4,14H,5-11H2. The van der Waals surface area contributed by atoms with Gasteiger partial charge in [-0.05, 0) is 12.1 Å². The highest BCUT2D eigenvalue weighted by Crippen LogP contribution is 2.25. The lowest BCUT2D eigenvalue weighted by Crippen LogP contribution is -2.23. The van der Waals surface area contributed by atoms with Gasteiger partial charge >= 0.3 is 0 Å². The van der Waals surface area contributed by atoms with Gasteiger partial charge in [-0.25, -0.2) is 0 Å². The number of hydrogen-bond acceptors (Lipinski definition) is 6. The fourth-order valence-electron chi connectivity index (χ4n) is 1.53. The van der Waals surface area contributed by atoms with E-state index in [2.05, 4.69) is 5.48 Å². The average molecular weight is 269 g/mol. The lowest BCUT2D eigenvalue weighted by Gasteiger charge is -2.12. The van der Waals surface area contributed by atoms with Gasteiger partial charge in [0, 0.05) is 0 Å². The van der Waals surface area contributed by atoms with E-state index in [1.165, 1.54) is 0 Å². The van der Waals surface area contributed by atoms with Crippen LogP contribution in [0.3, 0.4) is 0 Å². The van der Waals surface area contributed by atoms with Crippen molar-refractivity contribution in [3.05, 3.63) is 24.3 Å². The van der Waals surface area contributed by atoms with Crippen molar-refractivity contribution in [3.63, 3.8) is 0 Å². The van der Waals surface area contributed by atoms with E-state index in [1.807, 2.05) is 24.3 Å². The maximum Gasteiger partial charge on any atom is 0.189 e. The Morgan fingerprint density at radius 1 is 0.737 bits per heavy atom. The zero-order chi connectivity index (χ0) is 13.2. The van der Waals surface area contributed by atoms with Crippen molar-refractivity contribution < 1.29 is 23.8 Å². The summed E-state index contributed by atoms with van der Waals surface area (Å²) in [5.41, 5.74) is 2.72. The summed E-state index contributed by atoms with van der Waals surface area (Å²) < 4.78 is 21.6. The van der Waals surface area contributed by atoms with E-state index in [1.54, 1.807) is 0 Å². The molecule has 0 aliphatic carbocycles. The molecule has 0 saturated carbocycles. The van der Waals surface area contributed by atoms with Crippen molar-refractivity contribution in [2.75, 3.05) is 46.4 Å². The molecule has 19 heavy (non-hydrogen) atoms. The van der Waals surface area contributed by atoms with Crippen molar-refractivity contribution >= 4 is 0 Å². The maximum atomic E-state index is 5.59. The molecule has 0 amide bonds. The minimum Gasteiger partial charge on any atom is -0.487 e. The Kier molecular flexibility index (Phi) is 6.45. The Bertz CT molecular complexity index is 328. The van der Waals surface area contributed by atoms with Gasteiger partial charge in [-0.2, -0.15) is 0 Å². The molecule has 0 aromatic heterocycles. The van der Waals surface area contributed by atoms with Crippen LogP contribution in [0.1, 0.15) is 0 Å². The molecule has 0 atom stereocenters. The summed E-state index contributed by atoms with van der Waals surface area (Å²) in [7, 11) is 0. The average Bonchev–Trinajstić information content (AvgIpc) is 2.45. The molecule has 0 fully saturated rings. The smallest absolute Gasteiger partial charge is 0.189 e. The Balaban J connectivity index is 1.87. The van der Waals surface area contributed by atoms with Gasteiger partial charge in [0.1, 0.15) is 13.3 Å². The molecule has 1 aliphatic rings. The normalized spacial score (nSPS) is 19.2. The zero-order valence-electron chi connectivity index (χ0n) is 10.8. The molecule has 1 aromatic rings. The summed E-state index contributed by atoms with van der Waals surface area (Å²) in [5.74, 6) is 1.29. The van der Waals surface area contributed by atoms with Crippen LogP contribution in [-0.2, 0) is 14.2 Å². The van der Waals surface area contributed by atoms with Gasteiger partial charge in [0.05, 0.1) is 33.0 Å². The van der Waals surface area contributed by atoms with Crippen LogP contribution in [0, 0.1) is 0 Å². The number of hydroxylamine groups is 1. The first kappa shape index (κ1) is 14.1.